The van der Waals surface area contributed by atoms with E-state index in [1.807, 2.05) is 30.3 Å². The van der Waals surface area contributed by atoms with Crippen LogP contribution in [-0.4, -0.2) is 62.2 Å². The number of hydrogen-bond donors (Lipinski definition) is 0. The summed E-state index contributed by atoms with van der Waals surface area (Å²) >= 11 is 6.30. The summed E-state index contributed by atoms with van der Waals surface area (Å²) < 4.78 is 16.4. The molecule has 8 heteroatoms. The maximum atomic E-state index is 12.9. The lowest BCUT2D eigenvalue weighted by Crippen LogP contribution is -2.48. The number of imide groups is 1. The molecular weight excluding hydrogens is 396 g/mol. The summed E-state index contributed by atoms with van der Waals surface area (Å²) in [5.41, 5.74) is 1.14. The molecule has 3 amide bonds. The summed E-state index contributed by atoms with van der Waals surface area (Å²) in [5.74, 6) is 0.264. The van der Waals surface area contributed by atoms with Crippen LogP contribution in [0.3, 0.4) is 0 Å². The van der Waals surface area contributed by atoms with Gasteiger partial charge >= 0.3 is 6.03 Å². The molecule has 0 aromatic heterocycles. The number of methoxy groups -OCH3 is 1. The van der Waals surface area contributed by atoms with Crippen LogP contribution in [0.5, 0.6) is 11.5 Å². The number of carbonyl (C=O) groups excluding carboxylic acids is 2. The first-order valence-electron chi connectivity index (χ1n) is 9.20. The van der Waals surface area contributed by atoms with E-state index < -0.39 is 11.9 Å². The Morgan fingerprint density at radius 3 is 2.48 bits per heavy atom. The molecule has 1 saturated heterocycles. The van der Waals surface area contributed by atoms with E-state index in [1.54, 1.807) is 4.90 Å². The van der Waals surface area contributed by atoms with Crippen molar-refractivity contribution in [3.63, 3.8) is 0 Å². The highest BCUT2D eigenvalue weighted by Crippen LogP contribution is 2.34. The zero-order valence-corrected chi connectivity index (χ0v) is 17.1. The van der Waals surface area contributed by atoms with E-state index in [1.165, 1.54) is 26.3 Å². The molecule has 3 rings (SSSR count). The van der Waals surface area contributed by atoms with Crippen molar-refractivity contribution in [2.75, 3.05) is 40.5 Å². The monoisotopic (exact) mass is 418 g/mol. The van der Waals surface area contributed by atoms with Crippen molar-refractivity contribution in [1.82, 2.24) is 9.80 Å². The highest BCUT2D eigenvalue weighted by molar-refractivity contribution is 6.34. The van der Waals surface area contributed by atoms with Gasteiger partial charge in [0.15, 0.2) is 11.5 Å². The number of urea groups is 1. The smallest absolute Gasteiger partial charge is 0.326 e. The van der Waals surface area contributed by atoms with Gasteiger partial charge in [0.2, 0.25) is 0 Å². The maximum absolute atomic E-state index is 12.9. The van der Waals surface area contributed by atoms with Crippen molar-refractivity contribution in [3.05, 3.63) is 58.6 Å². The average molecular weight is 419 g/mol. The van der Waals surface area contributed by atoms with Crippen molar-refractivity contribution in [2.45, 2.75) is 6.61 Å². The lowest BCUT2D eigenvalue weighted by atomic mass is 10.1. The SMILES string of the molecule is COc1cc(Cl)c(C(=O)N(C)C(=O)N2CCOCC2)cc1OCc1ccccc1. The molecule has 0 unspecified atom stereocenters. The topological polar surface area (TPSA) is 68.3 Å². The Kier molecular flexibility index (Phi) is 6.95. The van der Waals surface area contributed by atoms with Gasteiger partial charge in [-0.25, -0.2) is 4.79 Å². The fraction of sp³-hybridized carbons (Fsp3) is 0.333. The lowest BCUT2D eigenvalue weighted by molar-refractivity contribution is 0.0429. The fourth-order valence-corrected chi connectivity index (χ4v) is 3.18. The van der Waals surface area contributed by atoms with E-state index in [4.69, 9.17) is 25.8 Å². The number of carbonyl (C=O) groups is 2. The molecule has 7 nitrogen and oxygen atoms in total. The third-order valence-electron chi connectivity index (χ3n) is 4.59. The Morgan fingerprint density at radius 1 is 1.14 bits per heavy atom. The second-order valence-corrected chi connectivity index (χ2v) is 6.91. The van der Waals surface area contributed by atoms with Crippen molar-refractivity contribution < 1.29 is 23.8 Å². The first-order chi connectivity index (χ1) is 14.0. The summed E-state index contributed by atoms with van der Waals surface area (Å²) in [7, 11) is 2.93. The third kappa shape index (κ3) is 4.99. The number of morpholine rings is 1. The zero-order chi connectivity index (χ0) is 20.8. The molecule has 1 heterocycles. The molecular formula is C21H23ClN2O5. The number of hydrogen-bond acceptors (Lipinski definition) is 5. The van der Waals surface area contributed by atoms with Crippen molar-refractivity contribution in [3.8, 4) is 11.5 Å². The quantitative estimate of drug-likeness (QED) is 0.743. The Hall–Kier alpha value is -2.77. The Labute approximate surface area is 174 Å². The minimum absolute atomic E-state index is 0.166. The molecule has 0 spiro atoms. The van der Waals surface area contributed by atoms with Crippen LogP contribution in [0.4, 0.5) is 4.79 Å². The molecule has 2 aromatic carbocycles. The van der Waals surface area contributed by atoms with E-state index in [2.05, 4.69) is 0 Å². The normalized spacial score (nSPS) is 13.7. The largest absolute Gasteiger partial charge is 0.493 e. The molecule has 29 heavy (non-hydrogen) atoms. The van der Waals surface area contributed by atoms with Crippen molar-refractivity contribution >= 4 is 23.5 Å². The molecule has 2 aromatic rings. The average Bonchev–Trinajstić information content (AvgIpc) is 2.77. The number of amides is 3. The van der Waals surface area contributed by atoms with E-state index in [-0.39, 0.29) is 10.6 Å². The molecule has 1 aliphatic rings. The van der Waals surface area contributed by atoms with Gasteiger partial charge in [-0.3, -0.25) is 9.69 Å². The van der Waals surface area contributed by atoms with Crippen LogP contribution in [0, 0.1) is 0 Å². The van der Waals surface area contributed by atoms with Crippen LogP contribution in [-0.2, 0) is 11.3 Å². The molecule has 154 valence electrons. The Bertz CT molecular complexity index is 869. The standard InChI is InChI=1S/C21H23ClN2O5/c1-23(21(26)24-8-10-28-11-9-24)20(25)16-12-19(18(27-2)13-17(16)22)29-14-15-6-4-3-5-7-15/h3-7,12-13H,8-11,14H2,1-2H3. The molecule has 0 atom stereocenters. The number of rotatable bonds is 5. The number of benzene rings is 2. The van der Waals surface area contributed by atoms with Gasteiger partial charge in [0, 0.05) is 26.2 Å². The minimum atomic E-state index is -0.515. The molecule has 1 aliphatic heterocycles. The van der Waals surface area contributed by atoms with Crippen LogP contribution < -0.4 is 9.47 Å². The number of nitrogens with zero attached hydrogens (tertiary/aromatic N) is 2. The Morgan fingerprint density at radius 2 is 1.83 bits per heavy atom. The van der Waals surface area contributed by atoms with E-state index >= 15 is 0 Å². The summed E-state index contributed by atoms with van der Waals surface area (Å²) in [4.78, 5) is 28.2. The first kappa shape index (κ1) is 21.0. The summed E-state index contributed by atoms with van der Waals surface area (Å²) in [6.07, 6.45) is 0. The molecule has 0 radical (unpaired) electrons. The van der Waals surface area contributed by atoms with Gasteiger partial charge < -0.3 is 19.1 Å². The van der Waals surface area contributed by atoms with Gasteiger partial charge in [-0.2, -0.15) is 0 Å². The summed E-state index contributed by atoms with van der Waals surface area (Å²) in [6, 6.07) is 12.3. The van der Waals surface area contributed by atoms with Crippen LogP contribution in [0.15, 0.2) is 42.5 Å². The van der Waals surface area contributed by atoms with E-state index in [0.29, 0.717) is 44.4 Å². The van der Waals surface area contributed by atoms with Crippen LogP contribution >= 0.6 is 11.6 Å². The van der Waals surface area contributed by atoms with Gasteiger partial charge in [0.1, 0.15) is 6.61 Å². The number of halogens is 1. The van der Waals surface area contributed by atoms with Crippen LogP contribution in [0.1, 0.15) is 15.9 Å². The molecule has 1 fully saturated rings. The van der Waals surface area contributed by atoms with Gasteiger partial charge in [-0.1, -0.05) is 41.9 Å². The van der Waals surface area contributed by atoms with Gasteiger partial charge in [0.05, 0.1) is 30.9 Å². The summed E-state index contributed by atoms with van der Waals surface area (Å²) in [6.45, 7) is 2.09. The molecule has 0 bridgehead atoms. The fourth-order valence-electron chi connectivity index (χ4n) is 2.94. The summed E-state index contributed by atoms with van der Waals surface area (Å²) in [5, 5.41) is 0.181. The van der Waals surface area contributed by atoms with E-state index in [0.717, 1.165) is 10.5 Å². The molecule has 0 saturated carbocycles. The molecule has 0 aliphatic carbocycles. The first-order valence-corrected chi connectivity index (χ1v) is 9.58. The van der Waals surface area contributed by atoms with Gasteiger partial charge in [-0.05, 0) is 11.6 Å². The highest BCUT2D eigenvalue weighted by atomic mass is 35.5. The Balaban J connectivity index is 1.80. The van der Waals surface area contributed by atoms with Crippen LogP contribution in [0.2, 0.25) is 5.02 Å². The third-order valence-corrected chi connectivity index (χ3v) is 4.91. The maximum Gasteiger partial charge on any atom is 0.326 e. The van der Waals surface area contributed by atoms with Crippen molar-refractivity contribution in [2.24, 2.45) is 0 Å². The van der Waals surface area contributed by atoms with E-state index in [9.17, 15) is 9.59 Å². The zero-order valence-electron chi connectivity index (χ0n) is 16.4. The van der Waals surface area contributed by atoms with Gasteiger partial charge in [0.25, 0.3) is 5.91 Å². The predicted octanol–water partition coefficient (Wildman–Crippen LogP) is 3.45. The second kappa shape index (κ2) is 9.62. The lowest BCUT2D eigenvalue weighted by Gasteiger charge is -2.30. The highest BCUT2D eigenvalue weighted by Gasteiger charge is 2.27. The minimum Gasteiger partial charge on any atom is -0.493 e. The van der Waals surface area contributed by atoms with Gasteiger partial charge in [-0.15, -0.1) is 0 Å². The van der Waals surface area contributed by atoms with Crippen LogP contribution in [0.25, 0.3) is 0 Å². The number of ether oxygens (including phenoxy) is 3. The predicted molar refractivity (Wildman–Crippen MR) is 109 cm³/mol. The van der Waals surface area contributed by atoms with Crippen molar-refractivity contribution in [1.29, 1.82) is 0 Å². The second-order valence-electron chi connectivity index (χ2n) is 6.50. The molecule has 0 N–H and O–H groups in total.